The van der Waals surface area contributed by atoms with Crippen LogP contribution in [0.3, 0.4) is 0 Å². The highest BCUT2D eigenvalue weighted by molar-refractivity contribution is 7.92. The summed E-state index contributed by atoms with van der Waals surface area (Å²) in [6.45, 7) is 0.540. The van der Waals surface area contributed by atoms with Gasteiger partial charge in [0.05, 0.1) is 16.8 Å². The van der Waals surface area contributed by atoms with Gasteiger partial charge in [0.15, 0.2) is 9.84 Å². The predicted octanol–water partition coefficient (Wildman–Crippen LogP) is 2.87. The molecule has 6 heteroatoms. The Labute approximate surface area is 147 Å². The zero-order valence-electron chi connectivity index (χ0n) is 13.4. The van der Waals surface area contributed by atoms with Crippen LogP contribution in [0.25, 0.3) is 0 Å². The maximum absolute atomic E-state index is 13.2. The van der Waals surface area contributed by atoms with Gasteiger partial charge in [-0.3, -0.25) is 0 Å². The Hall–Kier alpha value is -1.40. The second kappa shape index (κ2) is 6.48. The average Bonchev–Trinajstić information content (AvgIpc) is 3.26. The molecule has 4 nitrogen and oxygen atoms in total. The van der Waals surface area contributed by atoms with Crippen LogP contribution in [-0.4, -0.2) is 33.9 Å². The summed E-state index contributed by atoms with van der Waals surface area (Å²) in [7, 11) is -1.94. The molecular weight excluding hydrogens is 346 g/mol. The van der Waals surface area contributed by atoms with Crippen LogP contribution in [0.15, 0.2) is 59.5 Å². The molecule has 0 heterocycles. The van der Waals surface area contributed by atoms with Crippen LogP contribution in [0, 0.1) is 5.41 Å². The van der Waals surface area contributed by atoms with Crippen molar-refractivity contribution in [3.63, 3.8) is 0 Å². The van der Waals surface area contributed by atoms with Gasteiger partial charge >= 0.3 is 0 Å². The van der Waals surface area contributed by atoms with Crippen molar-refractivity contribution in [2.75, 3.05) is 20.3 Å². The average molecular weight is 366 g/mol. The first-order chi connectivity index (χ1) is 11.5. The molecule has 24 heavy (non-hydrogen) atoms. The molecule has 0 spiro atoms. The number of benzene rings is 2. The van der Waals surface area contributed by atoms with E-state index in [1.807, 2.05) is 12.1 Å². The van der Waals surface area contributed by atoms with Gasteiger partial charge in [0.2, 0.25) is 0 Å². The summed E-state index contributed by atoms with van der Waals surface area (Å²) < 4.78 is 31.6. The smallest absolute Gasteiger partial charge is 0.182 e. The fraction of sp³-hybridized carbons (Fsp3) is 0.333. The van der Waals surface area contributed by atoms with Crippen molar-refractivity contribution < 1.29 is 13.2 Å². The summed E-state index contributed by atoms with van der Waals surface area (Å²) in [5.74, 6) is -0.204. The molecule has 0 amide bonds. The number of halogens is 1. The lowest BCUT2D eigenvalue weighted by Crippen LogP contribution is -2.28. The molecule has 3 atom stereocenters. The third kappa shape index (κ3) is 2.75. The topological polar surface area (TPSA) is 69.4 Å². The monoisotopic (exact) mass is 365 g/mol. The molecule has 2 N–H and O–H groups in total. The second-order valence-corrected chi connectivity index (χ2v) is 8.68. The van der Waals surface area contributed by atoms with Crippen molar-refractivity contribution in [1.29, 1.82) is 0 Å². The molecule has 0 radical (unpaired) electrons. The predicted molar refractivity (Wildman–Crippen MR) is 95.0 cm³/mol. The number of hydrogen-bond acceptors (Lipinski definition) is 4. The Kier molecular flexibility index (Phi) is 4.71. The Balaban J connectivity index is 2.05. The van der Waals surface area contributed by atoms with E-state index in [-0.39, 0.29) is 12.5 Å². The van der Waals surface area contributed by atoms with Crippen molar-refractivity contribution in [1.82, 2.24) is 0 Å². The number of hydrogen-bond donors (Lipinski definition) is 1. The summed E-state index contributed by atoms with van der Waals surface area (Å²) >= 11 is 5.96. The van der Waals surface area contributed by atoms with E-state index in [1.54, 1.807) is 49.6 Å². The highest BCUT2D eigenvalue weighted by Gasteiger charge is 2.70. The largest absolute Gasteiger partial charge is 0.384 e. The molecule has 1 fully saturated rings. The minimum Gasteiger partial charge on any atom is -0.384 e. The molecule has 0 unspecified atom stereocenters. The molecule has 3 rings (SSSR count). The van der Waals surface area contributed by atoms with E-state index in [0.717, 1.165) is 5.56 Å². The third-order valence-electron chi connectivity index (χ3n) is 4.81. The molecular formula is C18H20ClNO3S. The number of methoxy groups -OCH3 is 1. The lowest BCUT2D eigenvalue weighted by Gasteiger charge is -2.15. The van der Waals surface area contributed by atoms with E-state index in [4.69, 9.17) is 22.1 Å². The molecule has 0 aliphatic heterocycles. The van der Waals surface area contributed by atoms with Crippen LogP contribution in [0.1, 0.15) is 11.5 Å². The maximum Gasteiger partial charge on any atom is 0.182 e. The molecule has 1 aliphatic carbocycles. The molecule has 128 valence electrons. The third-order valence-corrected chi connectivity index (χ3v) is 7.40. The highest BCUT2D eigenvalue weighted by Crippen LogP contribution is 2.63. The Morgan fingerprint density at radius 3 is 2.29 bits per heavy atom. The van der Waals surface area contributed by atoms with Crippen LogP contribution < -0.4 is 5.73 Å². The SMILES string of the molecule is COC[C@@]1(CN)[C@@H](c2ccc(Cl)cc2)[C@@H]1S(=O)(=O)c1ccccc1. The van der Waals surface area contributed by atoms with Gasteiger partial charge in [-0.25, -0.2) is 8.42 Å². The van der Waals surface area contributed by atoms with Gasteiger partial charge in [-0.1, -0.05) is 41.9 Å². The lowest BCUT2D eigenvalue weighted by molar-refractivity contribution is 0.142. The molecule has 1 saturated carbocycles. The molecule has 1 aliphatic rings. The quantitative estimate of drug-likeness (QED) is 0.854. The van der Waals surface area contributed by atoms with Crippen molar-refractivity contribution in [2.24, 2.45) is 11.1 Å². The molecule has 0 bridgehead atoms. The fourth-order valence-corrected chi connectivity index (χ4v) is 6.21. The first kappa shape index (κ1) is 17.4. The van der Waals surface area contributed by atoms with Crippen molar-refractivity contribution in [3.8, 4) is 0 Å². The molecule has 2 aromatic carbocycles. The summed E-state index contributed by atoms with van der Waals surface area (Å²) in [5, 5.41) is 0.0190. The van der Waals surface area contributed by atoms with Crippen LogP contribution in [0.4, 0.5) is 0 Å². The first-order valence-electron chi connectivity index (χ1n) is 7.71. The number of ether oxygens (including phenoxy) is 1. The van der Waals surface area contributed by atoms with Crippen LogP contribution in [0.2, 0.25) is 5.02 Å². The normalized spacial score (nSPS) is 26.3. The standard InChI is InChI=1S/C18H20ClNO3S/c1-23-12-18(11-20)16(13-7-9-14(19)10-8-13)17(18)24(21,22)15-5-3-2-4-6-15/h2-10,16-17H,11-12,20H2,1H3/t16-,17-,18-/m0/s1. The number of rotatable bonds is 6. The molecule has 2 aromatic rings. The van der Waals surface area contributed by atoms with Crippen LogP contribution in [-0.2, 0) is 14.6 Å². The summed E-state index contributed by atoms with van der Waals surface area (Å²) in [6, 6.07) is 15.8. The number of nitrogens with two attached hydrogens (primary N) is 1. The van der Waals surface area contributed by atoms with Crippen LogP contribution >= 0.6 is 11.6 Å². The minimum absolute atomic E-state index is 0.204. The van der Waals surface area contributed by atoms with Crippen molar-refractivity contribution >= 4 is 21.4 Å². The van der Waals surface area contributed by atoms with Crippen LogP contribution in [0.5, 0.6) is 0 Å². The summed E-state index contributed by atoms with van der Waals surface area (Å²) in [5.41, 5.74) is 6.32. The molecule has 0 saturated heterocycles. The van der Waals surface area contributed by atoms with Crippen molar-refractivity contribution in [3.05, 3.63) is 65.2 Å². The Morgan fingerprint density at radius 1 is 1.12 bits per heavy atom. The first-order valence-corrected chi connectivity index (χ1v) is 9.63. The molecule has 0 aromatic heterocycles. The Bertz CT molecular complexity index is 808. The van der Waals surface area contributed by atoms with Gasteiger partial charge in [-0.15, -0.1) is 0 Å². The van der Waals surface area contributed by atoms with E-state index in [0.29, 0.717) is 16.5 Å². The van der Waals surface area contributed by atoms with Crippen molar-refractivity contribution in [2.45, 2.75) is 16.1 Å². The van der Waals surface area contributed by atoms with E-state index in [1.165, 1.54) is 0 Å². The maximum atomic E-state index is 13.2. The fourth-order valence-electron chi connectivity index (χ4n) is 3.62. The van der Waals surface area contributed by atoms with Gasteiger partial charge in [-0.05, 0) is 29.8 Å². The van der Waals surface area contributed by atoms with E-state index in [9.17, 15) is 8.42 Å². The van der Waals surface area contributed by atoms with Gasteiger partial charge in [-0.2, -0.15) is 0 Å². The van der Waals surface area contributed by atoms with Gasteiger partial charge in [0.1, 0.15) is 0 Å². The van der Waals surface area contributed by atoms with E-state index in [2.05, 4.69) is 0 Å². The van der Waals surface area contributed by atoms with Gasteiger partial charge < -0.3 is 10.5 Å². The van der Waals surface area contributed by atoms with E-state index >= 15 is 0 Å². The zero-order valence-corrected chi connectivity index (χ0v) is 14.9. The minimum atomic E-state index is -3.51. The number of sulfone groups is 1. The Morgan fingerprint density at radius 2 is 1.75 bits per heavy atom. The summed E-state index contributed by atoms with van der Waals surface area (Å²) in [6.07, 6.45) is 0. The second-order valence-electron chi connectivity index (χ2n) is 6.18. The lowest BCUT2D eigenvalue weighted by atomic mass is 10.0. The highest BCUT2D eigenvalue weighted by atomic mass is 35.5. The zero-order chi connectivity index (χ0) is 17.4. The van der Waals surface area contributed by atoms with Gasteiger partial charge in [0, 0.05) is 30.0 Å². The summed E-state index contributed by atoms with van der Waals surface area (Å²) in [4.78, 5) is 0.320. The van der Waals surface area contributed by atoms with Gasteiger partial charge in [0.25, 0.3) is 0 Å². The van der Waals surface area contributed by atoms with E-state index < -0.39 is 20.5 Å².